The Kier molecular flexibility index (Phi) is 8.20. The Morgan fingerprint density at radius 1 is 0.309 bits per heavy atom. The molecule has 258 valence electrons. The van der Waals surface area contributed by atoms with Gasteiger partial charge in [0.05, 0.1) is 0 Å². The highest BCUT2D eigenvalue weighted by Gasteiger charge is 2.23. The number of aromatic nitrogens is 1. The predicted molar refractivity (Wildman–Crippen MR) is 233 cm³/mol. The molecule has 55 heavy (non-hydrogen) atoms. The molecule has 0 fully saturated rings. The van der Waals surface area contributed by atoms with Crippen LogP contribution in [0.4, 0.5) is 17.2 Å². The van der Waals surface area contributed by atoms with Gasteiger partial charge in [-0.2, -0.15) is 0 Å². The van der Waals surface area contributed by atoms with Crippen LogP contribution >= 0.6 is 0 Å². The second-order valence-corrected chi connectivity index (χ2v) is 13.9. The molecule has 0 aliphatic heterocycles. The molecular weight excluding hydrogens is 665 g/mol. The normalized spacial score (nSPS) is 11.3. The Hall–Kier alpha value is -7.29. The highest BCUT2D eigenvalue weighted by atomic mass is 15.2. The minimum absolute atomic E-state index is 0.863. The van der Waals surface area contributed by atoms with E-state index in [1.165, 1.54) is 76.8 Å². The van der Waals surface area contributed by atoms with Crippen LogP contribution in [0.3, 0.4) is 0 Å². The van der Waals surface area contributed by atoms with Crippen molar-refractivity contribution < 1.29 is 0 Å². The lowest BCUT2D eigenvalue weighted by Crippen LogP contribution is -2.11. The van der Waals surface area contributed by atoms with Crippen molar-refractivity contribution in [1.29, 1.82) is 0 Å². The first kappa shape index (κ1) is 32.4. The van der Waals surface area contributed by atoms with Gasteiger partial charge in [0.15, 0.2) is 0 Å². The van der Waals surface area contributed by atoms with E-state index in [0.29, 0.717) is 0 Å². The van der Waals surface area contributed by atoms with Crippen LogP contribution in [0.1, 0.15) is 0 Å². The van der Waals surface area contributed by atoms with Crippen LogP contribution < -0.4 is 4.90 Å². The molecule has 0 amide bonds. The zero-order valence-corrected chi connectivity index (χ0v) is 30.2. The molecule has 10 rings (SSSR count). The maximum atomic E-state index is 4.87. The quantitative estimate of drug-likeness (QED) is 0.154. The maximum absolute atomic E-state index is 4.87. The summed E-state index contributed by atoms with van der Waals surface area (Å²) in [7, 11) is 0. The van der Waals surface area contributed by atoms with E-state index in [2.05, 4.69) is 211 Å². The molecule has 0 unspecified atom stereocenters. The molecule has 0 radical (unpaired) electrons. The molecule has 10 aromatic rings. The second kappa shape index (κ2) is 13.9. The highest BCUT2D eigenvalue weighted by Crippen LogP contribution is 2.50. The van der Waals surface area contributed by atoms with Gasteiger partial charge in [-0.25, -0.2) is 4.98 Å². The van der Waals surface area contributed by atoms with Crippen molar-refractivity contribution in [2.24, 2.45) is 0 Å². The standard InChI is InChI=1S/C53H36N2/c1-5-17-37(18-6-1)38-28-30-42(31-29-38)55(50-27-15-16-34-54-50)43-32-33-46-49(35-43)44-25-13-14-26-45(44)52-48(40-21-9-3-10-22-40)36-47(39-19-7-2-8-20-39)51(53(46)52)41-23-11-4-12-24-41/h1-36H. The smallest absolute Gasteiger partial charge is 0.137 e. The van der Waals surface area contributed by atoms with E-state index in [1.54, 1.807) is 0 Å². The molecule has 1 heterocycles. The summed E-state index contributed by atoms with van der Waals surface area (Å²) in [6.45, 7) is 0. The number of hydrogen-bond donors (Lipinski definition) is 0. The molecule has 0 aliphatic rings. The van der Waals surface area contributed by atoms with Crippen LogP contribution in [0.2, 0.25) is 0 Å². The Balaban J connectivity index is 1.30. The number of pyridine rings is 1. The lowest BCUT2D eigenvalue weighted by atomic mass is 9.81. The minimum Gasteiger partial charge on any atom is -0.295 e. The highest BCUT2D eigenvalue weighted by molar-refractivity contribution is 6.33. The van der Waals surface area contributed by atoms with Gasteiger partial charge in [-0.1, -0.05) is 170 Å². The summed E-state index contributed by atoms with van der Waals surface area (Å²) >= 11 is 0. The van der Waals surface area contributed by atoms with Gasteiger partial charge in [0.1, 0.15) is 5.82 Å². The van der Waals surface area contributed by atoms with E-state index in [4.69, 9.17) is 4.98 Å². The third kappa shape index (κ3) is 5.82. The van der Waals surface area contributed by atoms with Gasteiger partial charge < -0.3 is 0 Å². The summed E-state index contributed by atoms with van der Waals surface area (Å²) in [5, 5.41) is 7.38. The topological polar surface area (TPSA) is 16.1 Å². The molecule has 1 aromatic heterocycles. The van der Waals surface area contributed by atoms with Crippen LogP contribution in [-0.4, -0.2) is 4.98 Å². The number of fused-ring (bicyclic) bond motifs is 6. The van der Waals surface area contributed by atoms with E-state index < -0.39 is 0 Å². The van der Waals surface area contributed by atoms with Gasteiger partial charge in [-0.05, 0) is 119 Å². The fraction of sp³-hybridized carbons (Fsp3) is 0. The van der Waals surface area contributed by atoms with Crippen molar-refractivity contribution in [3.05, 3.63) is 219 Å². The summed E-state index contributed by atoms with van der Waals surface area (Å²) in [5.74, 6) is 0.863. The van der Waals surface area contributed by atoms with E-state index in [-0.39, 0.29) is 0 Å². The van der Waals surface area contributed by atoms with Crippen molar-refractivity contribution in [1.82, 2.24) is 4.98 Å². The average molecular weight is 701 g/mol. The van der Waals surface area contributed by atoms with Crippen molar-refractivity contribution in [3.63, 3.8) is 0 Å². The zero-order chi connectivity index (χ0) is 36.6. The second-order valence-electron chi connectivity index (χ2n) is 13.9. The first-order valence-electron chi connectivity index (χ1n) is 18.8. The largest absolute Gasteiger partial charge is 0.295 e. The summed E-state index contributed by atoms with van der Waals surface area (Å²) in [5.41, 5.74) is 11.7. The number of benzene rings is 9. The van der Waals surface area contributed by atoms with E-state index in [9.17, 15) is 0 Å². The zero-order valence-electron chi connectivity index (χ0n) is 30.2. The van der Waals surface area contributed by atoms with Gasteiger partial charge >= 0.3 is 0 Å². The summed E-state index contributed by atoms with van der Waals surface area (Å²) in [6.07, 6.45) is 1.87. The van der Waals surface area contributed by atoms with Crippen LogP contribution in [-0.2, 0) is 0 Å². The average Bonchev–Trinajstić information content (AvgIpc) is 3.28. The molecule has 0 saturated heterocycles. The van der Waals surface area contributed by atoms with Crippen LogP contribution in [0.5, 0.6) is 0 Å². The van der Waals surface area contributed by atoms with Gasteiger partial charge in [0.2, 0.25) is 0 Å². The number of rotatable bonds is 7. The molecule has 2 nitrogen and oxygen atoms in total. The Morgan fingerprint density at radius 2 is 0.818 bits per heavy atom. The molecule has 9 aromatic carbocycles. The van der Waals surface area contributed by atoms with Crippen molar-refractivity contribution in [2.75, 3.05) is 4.90 Å². The first-order chi connectivity index (χ1) is 27.3. The third-order valence-electron chi connectivity index (χ3n) is 10.7. The molecule has 0 bridgehead atoms. The lowest BCUT2D eigenvalue weighted by molar-refractivity contribution is 1.18. The van der Waals surface area contributed by atoms with E-state index in [1.807, 2.05) is 12.3 Å². The minimum atomic E-state index is 0.863. The van der Waals surface area contributed by atoms with Gasteiger partial charge in [-0.15, -0.1) is 0 Å². The fourth-order valence-electron chi connectivity index (χ4n) is 8.21. The van der Waals surface area contributed by atoms with Gasteiger partial charge in [-0.3, -0.25) is 4.90 Å². The van der Waals surface area contributed by atoms with Crippen LogP contribution in [0.25, 0.3) is 76.8 Å². The SMILES string of the molecule is c1ccc(-c2ccc(N(c3ccc4c(c3)c3ccccc3c3c(-c5ccccc5)cc(-c5ccccc5)c(-c5ccccc5)c43)c3ccccn3)cc2)cc1. The number of nitrogens with zero attached hydrogens (tertiary/aromatic N) is 2. The Morgan fingerprint density at radius 3 is 1.45 bits per heavy atom. The Labute approximate surface area is 321 Å². The van der Waals surface area contributed by atoms with E-state index in [0.717, 1.165) is 17.2 Å². The molecule has 2 heteroatoms. The monoisotopic (exact) mass is 700 g/mol. The van der Waals surface area contributed by atoms with Crippen molar-refractivity contribution >= 4 is 49.5 Å². The molecule has 0 N–H and O–H groups in total. The van der Waals surface area contributed by atoms with Crippen LogP contribution in [0, 0.1) is 0 Å². The lowest BCUT2D eigenvalue weighted by Gasteiger charge is -2.26. The van der Waals surface area contributed by atoms with Gasteiger partial charge in [0, 0.05) is 17.6 Å². The molecule has 0 aliphatic carbocycles. The van der Waals surface area contributed by atoms with Crippen molar-refractivity contribution in [2.45, 2.75) is 0 Å². The summed E-state index contributed by atoms with van der Waals surface area (Å²) < 4.78 is 0. The van der Waals surface area contributed by atoms with Crippen LogP contribution in [0.15, 0.2) is 219 Å². The Bertz CT molecular complexity index is 2930. The number of hydrogen-bond acceptors (Lipinski definition) is 2. The van der Waals surface area contributed by atoms with Gasteiger partial charge in [0.25, 0.3) is 0 Å². The maximum Gasteiger partial charge on any atom is 0.137 e. The van der Waals surface area contributed by atoms with E-state index >= 15 is 0 Å². The van der Waals surface area contributed by atoms with Crippen molar-refractivity contribution in [3.8, 4) is 44.5 Å². The molecule has 0 spiro atoms. The fourth-order valence-corrected chi connectivity index (χ4v) is 8.21. The molecule has 0 atom stereocenters. The summed E-state index contributed by atoms with van der Waals surface area (Å²) in [4.78, 5) is 7.14. The molecular formula is C53H36N2. The summed E-state index contributed by atoms with van der Waals surface area (Å²) in [6, 6.07) is 76.3. The predicted octanol–water partition coefficient (Wildman–Crippen LogP) is 14.7. The number of anilines is 3. The first-order valence-corrected chi connectivity index (χ1v) is 18.8. The third-order valence-corrected chi connectivity index (χ3v) is 10.7. The molecule has 0 saturated carbocycles.